The van der Waals surface area contributed by atoms with Gasteiger partial charge in [0.05, 0.1) is 12.8 Å². The standard InChI is InChI=1S/C12H20N2O6/c13-8(5-10(15)16)3-1-2-4-12(19,20)7-9(14)6-11(17)18/h13-14,19-20H,1-7H2,(H,15,16)(H,17,18). The van der Waals surface area contributed by atoms with E-state index < -0.39 is 30.6 Å². The average Bonchev–Trinajstić information content (AvgIpc) is 2.21. The predicted octanol–water partition coefficient (Wildman–Crippen LogP) is 0.607. The van der Waals surface area contributed by atoms with E-state index in [2.05, 4.69) is 0 Å². The van der Waals surface area contributed by atoms with E-state index in [-0.39, 0.29) is 30.7 Å². The largest absolute Gasteiger partial charge is 0.481 e. The number of hydrogen-bond donors (Lipinski definition) is 6. The number of nitrogens with one attached hydrogen (secondary N) is 2. The molecule has 0 bridgehead atoms. The smallest absolute Gasteiger partial charge is 0.309 e. The van der Waals surface area contributed by atoms with Gasteiger partial charge in [-0.2, -0.15) is 0 Å². The number of carbonyl (C=O) groups is 2. The van der Waals surface area contributed by atoms with Gasteiger partial charge >= 0.3 is 11.9 Å². The summed E-state index contributed by atoms with van der Waals surface area (Å²) in [6, 6.07) is 0. The number of rotatable bonds is 11. The molecule has 0 radical (unpaired) electrons. The Labute approximate surface area is 116 Å². The Balaban J connectivity index is 3.93. The lowest BCUT2D eigenvalue weighted by molar-refractivity contribution is -0.160. The fraction of sp³-hybridized carbons (Fsp3) is 0.667. The molecule has 6 N–H and O–H groups in total. The monoisotopic (exact) mass is 288 g/mol. The molecule has 0 aromatic rings. The van der Waals surface area contributed by atoms with E-state index >= 15 is 0 Å². The SMILES string of the molecule is N=C(CCCCC(O)(O)CC(=N)CC(=O)O)CC(=O)O. The maximum atomic E-state index is 10.3. The van der Waals surface area contributed by atoms with Gasteiger partial charge in [0.15, 0.2) is 5.79 Å². The Morgan fingerprint density at radius 3 is 1.90 bits per heavy atom. The molecule has 0 aliphatic rings. The molecule has 0 fully saturated rings. The van der Waals surface area contributed by atoms with Crippen molar-refractivity contribution in [3.05, 3.63) is 0 Å². The van der Waals surface area contributed by atoms with Crippen LogP contribution in [0.4, 0.5) is 0 Å². The maximum Gasteiger partial charge on any atom is 0.309 e. The molecule has 8 heteroatoms. The first kappa shape index (κ1) is 18.2. The van der Waals surface area contributed by atoms with E-state index in [1.54, 1.807) is 0 Å². The summed E-state index contributed by atoms with van der Waals surface area (Å²) >= 11 is 0. The van der Waals surface area contributed by atoms with Gasteiger partial charge < -0.3 is 31.2 Å². The van der Waals surface area contributed by atoms with Crippen molar-refractivity contribution in [2.24, 2.45) is 0 Å². The third-order valence-corrected chi connectivity index (χ3v) is 2.53. The number of unbranched alkanes of at least 4 members (excludes halogenated alkanes) is 1. The number of aliphatic hydroxyl groups is 2. The normalized spacial score (nSPS) is 11.1. The lowest BCUT2D eigenvalue weighted by Crippen LogP contribution is -2.31. The van der Waals surface area contributed by atoms with Crippen LogP contribution in [0.25, 0.3) is 0 Å². The highest BCUT2D eigenvalue weighted by molar-refractivity contribution is 5.97. The summed E-state index contributed by atoms with van der Waals surface area (Å²) in [5.41, 5.74) is -0.210. The number of carboxylic acid groups (broad SMARTS) is 2. The molecule has 20 heavy (non-hydrogen) atoms. The first-order valence-corrected chi connectivity index (χ1v) is 6.13. The van der Waals surface area contributed by atoms with Crippen molar-refractivity contribution in [2.75, 3.05) is 0 Å². The lowest BCUT2D eigenvalue weighted by atomic mass is 9.99. The van der Waals surface area contributed by atoms with Gasteiger partial charge in [-0.1, -0.05) is 0 Å². The first-order chi connectivity index (χ1) is 9.12. The molecule has 0 spiro atoms. The summed E-state index contributed by atoms with van der Waals surface area (Å²) in [6.45, 7) is 0. The van der Waals surface area contributed by atoms with E-state index in [4.69, 9.17) is 21.0 Å². The molecule has 0 unspecified atom stereocenters. The van der Waals surface area contributed by atoms with E-state index in [9.17, 15) is 19.8 Å². The third-order valence-electron chi connectivity index (χ3n) is 2.53. The van der Waals surface area contributed by atoms with Crippen LogP contribution in [-0.4, -0.2) is 49.6 Å². The minimum absolute atomic E-state index is 0.0602. The molecule has 0 saturated carbocycles. The summed E-state index contributed by atoms with van der Waals surface area (Å²) in [5, 5.41) is 50.7. The molecule has 0 atom stereocenters. The van der Waals surface area contributed by atoms with Crippen LogP contribution >= 0.6 is 0 Å². The van der Waals surface area contributed by atoms with Crippen molar-refractivity contribution in [2.45, 2.75) is 50.7 Å². The van der Waals surface area contributed by atoms with Crippen LogP contribution in [0.3, 0.4) is 0 Å². The Kier molecular flexibility index (Phi) is 7.63. The molecule has 0 aliphatic heterocycles. The Bertz CT molecular complexity index is 391. The Hall–Kier alpha value is -1.80. The minimum Gasteiger partial charge on any atom is -0.481 e. The van der Waals surface area contributed by atoms with Crippen LogP contribution in [0.15, 0.2) is 0 Å². The van der Waals surface area contributed by atoms with Gasteiger partial charge in [0.1, 0.15) is 0 Å². The summed E-state index contributed by atoms with van der Waals surface area (Å²) in [6.07, 6.45) is -0.328. The van der Waals surface area contributed by atoms with Crippen molar-refractivity contribution in [3.63, 3.8) is 0 Å². The van der Waals surface area contributed by atoms with Gasteiger partial charge in [-0.25, -0.2) is 0 Å². The molecule has 0 aromatic carbocycles. The van der Waals surface area contributed by atoms with Crippen molar-refractivity contribution < 1.29 is 30.0 Å². The van der Waals surface area contributed by atoms with Crippen molar-refractivity contribution in [1.82, 2.24) is 0 Å². The zero-order valence-corrected chi connectivity index (χ0v) is 11.1. The summed E-state index contributed by atoms with van der Waals surface area (Å²) in [5.74, 6) is -4.41. The molecular formula is C12H20N2O6. The van der Waals surface area contributed by atoms with E-state index in [1.165, 1.54) is 0 Å². The van der Waals surface area contributed by atoms with Gasteiger partial charge in [0, 0.05) is 24.3 Å². The quantitative estimate of drug-likeness (QED) is 0.185. The van der Waals surface area contributed by atoms with E-state index in [0.717, 1.165) is 0 Å². The maximum absolute atomic E-state index is 10.3. The van der Waals surface area contributed by atoms with Crippen LogP contribution < -0.4 is 0 Å². The highest BCUT2D eigenvalue weighted by atomic mass is 16.5. The fourth-order valence-electron chi connectivity index (χ4n) is 1.69. The summed E-state index contributed by atoms with van der Waals surface area (Å²) < 4.78 is 0. The van der Waals surface area contributed by atoms with Crippen molar-refractivity contribution >= 4 is 23.4 Å². The molecule has 0 amide bonds. The molecule has 0 rings (SSSR count). The number of aliphatic carboxylic acids is 2. The van der Waals surface area contributed by atoms with Gasteiger partial charge in [0.25, 0.3) is 0 Å². The van der Waals surface area contributed by atoms with Crippen molar-refractivity contribution in [1.29, 1.82) is 10.8 Å². The predicted molar refractivity (Wildman–Crippen MR) is 70.2 cm³/mol. The zero-order valence-electron chi connectivity index (χ0n) is 11.1. The minimum atomic E-state index is -2.14. The number of carboxylic acids is 2. The highest BCUT2D eigenvalue weighted by Gasteiger charge is 2.25. The third kappa shape index (κ3) is 10.2. The van der Waals surface area contributed by atoms with Gasteiger partial charge in [-0.05, 0) is 19.3 Å². The van der Waals surface area contributed by atoms with Crippen LogP contribution in [0, 0.1) is 10.8 Å². The van der Waals surface area contributed by atoms with E-state index in [0.29, 0.717) is 12.8 Å². The zero-order chi connectivity index (χ0) is 15.8. The molecule has 0 aromatic heterocycles. The van der Waals surface area contributed by atoms with Gasteiger partial charge in [0.2, 0.25) is 0 Å². The lowest BCUT2D eigenvalue weighted by Gasteiger charge is -2.21. The highest BCUT2D eigenvalue weighted by Crippen LogP contribution is 2.17. The molecule has 0 aliphatic carbocycles. The topological polar surface area (TPSA) is 163 Å². The number of hydrogen-bond acceptors (Lipinski definition) is 6. The molecule has 0 heterocycles. The molecular weight excluding hydrogens is 268 g/mol. The van der Waals surface area contributed by atoms with Crippen LogP contribution in [-0.2, 0) is 9.59 Å². The molecule has 114 valence electrons. The van der Waals surface area contributed by atoms with Crippen LogP contribution in [0.1, 0.15) is 44.9 Å². The second kappa shape index (κ2) is 8.39. The molecule has 8 nitrogen and oxygen atoms in total. The summed E-state index contributed by atoms with van der Waals surface area (Å²) in [4.78, 5) is 20.7. The molecule has 0 saturated heterocycles. The Morgan fingerprint density at radius 2 is 1.40 bits per heavy atom. The van der Waals surface area contributed by atoms with Gasteiger partial charge in [-0.3, -0.25) is 9.59 Å². The first-order valence-electron chi connectivity index (χ1n) is 6.13. The fourth-order valence-corrected chi connectivity index (χ4v) is 1.69. The van der Waals surface area contributed by atoms with Crippen molar-refractivity contribution in [3.8, 4) is 0 Å². The van der Waals surface area contributed by atoms with E-state index in [1.807, 2.05) is 0 Å². The average molecular weight is 288 g/mol. The van der Waals surface area contributed by atoms with Gasteiger partial charge in [-0.15, -0.1) is 0 Å². The summed E-state index contributed by atoms with van der Waals surface area (Å²) in [7, 11) is 0. The second-order valence-electron chi connectivity index (χ2n) is 4.71. The van der Waals surface area contributed by atoms with Crippen LogP contribution in [0.5, 0.6) is 0 Å². The van der Waals surface area contributed by atoms with Crippen LogP contribution in [0.2, 0.25) is 0 Å². The Morgan fingerprint density at radius 1 is 0.900 bits per heavy atom. The second-order valence-corrected chi connectivity index (χ2v) is 4.71.